The van der Waals surface area contributed by atoms with E-state index in [2.05, 4.69) is 15.9 Å². The minimum absolute atomic E-state index is 0.0555. The van der Waals surface area contributed by atoms with Crippen molar-refractivity contribution < 1.29 is 14.7 Å². The smallest absolute Gasteiger partial charge is 0.306 e. The van der Waals surface area contributed by atoms with Crippen LogP contribution in [0.15, 0.2) is 15.9 Å². The van der Waals surface area contributed by atoms with Gasteiger partial charge in [0.05, 0.1) is 9.70 Å². The Balaban J connectivity index is 2.38. The van der Waals surface area contributed by atoms with Crippen molar-refractivity contribution in [2.45, 2.75) is 19.8 Å². The molecule has 0 spiro atoms. The second kappa shape index (κ2) is 6.89. The molecule has 0 saturated heterocycles. The van der Waals surface area contributed by atoms with Crippen LogP contribution in [0.2, 0.25) is 0 Å². The number of rotatable bonds is 6. The van der Waals surface area contributed by atoms with E-state index in [1.54, 1.807) is 30.2 Å². The van der Waals surface area contributed by atoms with E-state index < -0.39 is 11.9 Å². The minimum atomic E-state index is -0.932. The first kappa shape index (κ1) is 15.2. The molecule has 1 atom stereocenters. The van der Waals surface area contributed by atoms with Gasteiger partial charge in [-0.3, -0.25) is 9.59 Å². The third kappa shape index (κ3) is 4.78. The summed E-state index contributed by atoms with van der Waals surface area (Å²) in [4.78, 5) is 25.2. The molecule has 0 radical (unpaired) electrons. The van der Waals surface area contributed by atoms with Crippen LogP contribution >= 0.6 is 27.3 Å². The van der Waals surface area contributed by atoms with Crippen LogP contribution in [0.25, 0.3) is 0 Å². The lowest BCUT2D eigenvalue weighted by molar-refractivity contribution is -0.144. The van der Waals surface area contributed by atoms with Crippen LogP contribution in [-0.4, -0.2) is 35.5 Å². The van der Waals surface area contributed by atoms with E-state index in [-0.39, 0.29) is 12.3 Å². The molecule has 0 bridgehead atoms. The summed E-state index contributed by atoms with van der Waals surface area (Å²) in [5.74, 6) is -1.68. The molecule has 1 N–H and O–H groups in total. The lowest BCUT2D eigenvalue weighted by atomic mass is 10.1. The summed E-state index contributed by atoms with van der Waals surface area (Å²) >= 11 is 5.03. The maximum Gasteiger partial charge on any atom is 0.306 e. The lowest BCUT2D eigenvalue weighted by Gasteiger charge is -2.17. The largest absolute Gasteiger partial charge is 0.481 e. The number of hydrogen-bond acceptors (Lipinski definition) is 3. The number of hydrogen-bond donors (Lipinski definition) is 1. The number of halogens is 1. The summed E-state index contributed by atoms with van der Waals surface area (Å²) in [6.45, 7) is 2.16. The predicted molar refractivity (Wildman–Crippen MR) is 74.8 cm³/mol. The SMILES string of the molecule is CC(CC(=O)N(C)CCc1ccc(Br)s1)C(=O)O. The van der Waals surface area contributed by atoms with Crippen molar-refractivity contribution in [2.24, 2.45) is 5.92 Å². The first-order valence-electron chi connectivity index (χ1n) is 5.61. The van der Waals surface area contributed by atoms with Crippen molar-refractivity contribution in [2.75, 3.05) is 13.6 Å². The number of amides is 1. The minimum Gasteiger partial charge on any atom is -0.481 e. The molecule has 100 valence electrons. The Morgan fingerprint density at radius 2 is 2.17 bits per heavy atom. The molecule has 0 aliphatic carbocycles. The molecule has 1 amide bonds. The highest BCUT2D eigenvalue weighted by Gasteiger charge is 2.18. The Labute approximate surface area is 119 Å². The fourth-order valence-electron chi connectivity index (χ4n) is 1.39. The third-order valence-corrected chi connectivity index (χ3v) is 4.33. The summed E-state index contributed by atoms with van der Waals surface area (Å²) in [6, 6.07) is 4.00. The van der Waals surface area contributed by atoms with Gasteiger partial charge in [-0.1, -0.05) is 6.92 Å². The van der Waals surface area contributed by atoms with Gasteiger partial charge in [-0.15, -0.1) is 11.3 Å². The number of nitrogens with zero attached hydrogens (tertiary/aromatic N) is 1. The summed E-state index contributed by atoms with van der Waals surface area (Å²) in [5, 5.41) is 8.75. The highest BCUT2D eigenvalue weighted by atomic mass is 79.9. The van der Waals surface area contributed by atoms with Gasteiger partial charge in [-0.25, -0.2) is 0 Å². The first-order valence-corrected chi connectivity index (χ1v) is 7.22. The van der Waals surface area contributed by atoms with Crippen molar-refractivity contribution in [3.8, 4) is 0 Å². The van der Waals surface area contributed by atoms with Gasteiger partial charge in [0.25, 0.3) is 0 Å². The molecule has 18 heavy (non-hydrogen) atoms. The number of carbonyl (C=O) groups excluding carboxylic acids is 1. The molecule has 1 aromatic heterocycles. The first-order chi connectivity index (χ1) is 8.40. The Kier molecular flexibility index (Phi) is 5.81. The third-order valence-electron chi connectivity index (χ3n) is 2.65. The second-order valence-electron chi connectivity index (χ2n) is 4.21. The van der Waals surface area contributed by atoms with Crippen molar-refractivity contribution in [3.63, 3.8) is 0 Å². The van der Waals surface area contributed by atoms with Crippen LogP contribution in [0.1, 0.15) is 18.2 Å². The van der Waals surface area contributed by atoms with Gasteiger partial charge in [0, 0.05) is 24.9 Å². The normalized spacial score (nSPS) is 12.2. The molecule has 0 saturated carbocycles. The van der Waals surface area contributed by atoms with Gasteiger partial charge in [0.15, 0.2) is 0 Å². The highest BCUT2D eigenvalue weighted by Crippen LogP contribution is 2.22. The number of carbonyl (C=O) groups is 2. The van der Waals surface area contributed by atoms with Crippen molar-refractivity contribution in [3.05, 3.63) is 20.8 Å². The Hall–Kier alpha value is -0.880. The summed E-state index contributed by atoms with van der Waals surface area (Å²) in [5.41, 5.74) is 0. The van der Waals surface area contributed by atoms with Crippen molar-refractivity contribution >= 4 is 39.1 Å². The quantitative estimate of drug-likeness (QED) is 0.870. The lowest BCUT2D eigenvalue weighted by Crippen LogP contribution is -2.31. The van der Waals surface area contributed by atoms with Gasteiger partial charge in [-0.2, -0.15) is 0 Å². The zero-order valence-corrected chi connectivity index (χ0v) is 12.8. The molecule has 1 aromatic rings. The molecule has 4 nitrogen and oxygen atoms in total. The van der Waals surface area contributed by atoms with Crippen LogP contribution < -0.4 is 0 Å². The maximum atomic E-state index is 11.7. The molecule has 0 fully saturated rings. The summed E-state index contributed by atoms with van der Waals surface area (Å²) < 4.78 is 1.07. The van der Waals surface area contributed by atoms with Crippen molar-refractivity contribution in [1.29, 1.82) is 0 Å². The Bertz CT molecular complexity index is 433. The molecule has 6 heteroatoms. The molecule has 0 aliphatic rings. The molecular weight excluding hydrogens is 318 g/mol. The molecule has 1 heterocycles. The van der Waals surface area contributed by atoms with Crippen LogP contribution in [0, 0.1) is 5.92 Å². The number of carboxylic acids is 1. The van der Waals surface area contributed by atoms with E-state index in [1.165, 1.54) is 4.88 Å². The zero-order valence-electron chi connectivity index (χ0n) is 10.4. The molecule has 1 rings (SSSR count). The molecule has 0 aromatic carbocycles. The average Bonchev–Trinajstić information content (AvgIpc) is 2.71. The Morgan fingerprint density at radius 1 is 1.50 bits per heavy atom. The molecule has 0 aliphatic heterocycles. The van der Waals surface area contributed by atoms with Gasteiger partial charge >= 0.3 is 5.97 Å². The number of carboxylic acid groups (broad SMARTS) is 1. The van der Waals surface area contributed by atoms with Gasteiger partial charge in [0.1, 0.15) is 0 Å². The topological polar surface area (TPSA) is 57.6 Å². The van der Waals surface area contributed by atoms with Gasteiger partial charge in [0.2, 0.25) is 5.91 Å². The van der Waals surface area contributed by atoms with E-state index >= 15 is 0 Å². The van der Waals surface area contributed by atoms with E-state index in [4.69, 9.17) is 5.11 Å². The number of aliphatic carboxylic acids is 1. The number of thiophene rings is 1. The number of likely N-dealkylation sites (N-methyl/N-ethyl adjacent to an activating group) is 1. The van der Waals surface area contributed by atoms with Crippen LogP contribution in [-0.2, 0) is 16.0 Å². The average molecular weight is 334 g/mol. The fourth-order valence-corrected chi connectivity index (χ4v) is 2.87. The van der Waals surface area contributed by atoms with E-state index in [9.17, 15) is 9.59 Å². The zero-order chi connectivity index (χ0) is 13.7. The molecule has 1 unspecified atom stereocenters. The standard InChI is InChI=1S/C12H16BrNO3S/c1-8(12(16)17)7-11(15)14(2)6-5-9-3-4-10(13)18-9/h3-4,8H,5-7H2,1-2H3,(H,16,17). The predicted octanol–water partition coefficient (Wildman–Crippen LogP) is 2.62. The second-order valence-corrected chi connectivity index (χ2v) is 6.76. The van der Waals surface area contributed by atoms with E-state index in [0.717, 1.165) is 10.2 Å². The van der Waals surface area contributed by atoms with E-state index in [0.29, 0.717) is 6.54 Å². The van der Waals surface area contributed by atoms with Crippen molar-refractivity contribution in [1.82, 2.24) is 4.90 Å². The summed E-state index contributed by atoms with van der Waals surface area (Å²) in [7, 11) is 1.71. The van der Waals surface area contributed by atoms with Crippen LogP contribution in [0.3, 0.4) is 0 Å². The highest BCUT2D eigenvalue weighted by molar-refractivity contribution is 9.11. The van der Waals surface area contributed by atoms with Crippen LogP contribution in [0.4, 0.5) is 0 Å². The summed E-state index contributed by atoms with van der Waals surface area (Å²) in [6.07, 6.45) is 0.847. The van der Waals surface area contributed by atoms with E-state index in [1.807, 2.05) is 12.1 Å². The maximum absolute atomic E-state index is 11.7. The fraction of sp³-hybridized carbons (Fsp3) is 0.500. The Morgan fingerprint density at radius 3 is 2.67 bits per heavy atom. The monoisotopic (exact) mass is 333 g/mol. The van der Waals surface area contributed by atoms with Crippen LogP contribution in [0.5, 0.6) is 0 Å². The van der Waals surface area contributed by atoms with Gasteiger partial charge < -0.3 is 10.0 Å². The van der Waals surface area contributed by atoms with Gasteiger partial charge in [-0.05, 0) is 34.5 Å². The molecular formula is C12H16BrNO3S.